The van der Waals surface area contributed by atoms with E-state index in [1.54, 1.807) is 7.05 Å². The van der Waals surface area contributed by atoms with E-state index in [-0.39, 0.29) is 5.56 Å². The molecular formula is C10H13N3O5. The molecule has 0 aromatic carbocycles. The van der Waals surface area contributed by atoms with Gasteiger partial charge in [0.05, 0.1) is 25.3 Å². The van der Waals surface area contributed by atoms with Gasteiger partial charge in [-0.3, -0.25) is 14.3 Å². The van der Waals surface area contributed by atoms with Gasteiger partial charge in [0.15, 0.2) is 0 Å². The van der Waals surface area contributed by atoms with Crippen LogP contribution in [-0.2, 0) is 21.4 Å². The van der Waals surface area contributed by atoms with Crippen LogP contribution in [0.4, 0.5) is 0 Å². The summed E-state index contributed by atoms with van der Waals surface area (Å²) in [6, 6.07) is -1.33. The van der Waals surface area contributed by atoms with Gasteiger partial charge in [0, 0.05) is 13.2 Å². The number of amides is 1. The molecule has 0 saturated heterocycles. The fourth-order valence-corrected chi connectivity index (χ4v) is 1.23. The first-order chi connectivity index (χ1) is 8.43. The minimum atomic E-state index is -1.33. The number of carbonyl (C=O) groups is 3. The molecular weight excluding hydrogens is 242 g/mol. The molecule has 8 nitrogen and oxygen atoms in total. The number of carboxylic acid groups (broad SMARTS) is 1. The Morgan fingerprint density at radius 2 is 2.22 bits per heavy atom. The van der Waals surface area contributed by atoms with Crippen molar-refractivity contribution < 1.29 is 24.2 Å². The molecule has 0 radical (unpaired) electrons. The lowest BCUT2D eigenvalue weighted by Gasteiger charge is -2.12. The number of esters is 1. The number of hydrogen-bond donors (Lipinski definition) is 2. The highest BCUT2D eigenvalue weighted by atomic mass is 16.5. The summed E-state index contributed by atoms with van der Waals surface area (Å²) in [5, 5.41) is 14.9. The number of nitrogens with one attached hydrogen (secondary N) is 1. The molecule has 18 heavy (non-hydrogen) atoms. The second-order valence-corrected chi connectivity index (χ2v) is 3.55. The summed E-state index contributed by atoms with van der Waals surface area (Å²) in [5.41, 5.74) is 0.216. The topological polar surface area (TPSA) is 111 Å². The Morgan fingerprint density at radius 1 is 1.56 bits per heavy atom. The van der Waals surface area contributed by atoms with Gasteiger partial charge in [0.1, 0.15) is 6.04 Å². The lowest BCUT2D eigenvalue weighted by atomic mass is 10.2. The first-order valence-electron chi connectivity index (χ1n) is 5.03. The number of carboxylic acids is 1. The van der Waals surface area contributed by atoms with E-state index >= 15 is 0 Å². The van der Waals surface area contributed by atoms with Crippen molar-refractivity contribution in [1.29, 1.82) is 0 Å². The van der Waals surface area contributed by atoms with Crippen molar-refractivity contribution in [2.45, 2.75) is 12.5 Å². The van der Waals surface area contributed by atoms with Crippen LogP contribution < -0.4 is 5.32 Å². The molecule has 1 aromatic heterocycles. The van der Waals surface area contributed by atoms with Crippen LogP contribution in [0.2, 0.25) is 0 Å². The van der Waals surface area contributed by atoms with Gasteiger partial charge in [0.2, 0.25) is 0 Å². The maximum atomic E-state index is 11.7. The quantitative estimate of drug-likeness (QED) is 0.664. The maximum absolute atomic E-state index is 11.7. The molecule has 0 saturated carbocycles. The van der Waals surface area contributed by atoms with Crippen LogP contribution in [0, 0.1) is 0 Å². The SMILES string of the molecule is COC(=O)C[C@H](NC(=O)c1cnn(C)c1)C(=O)O. The van der Waals surface area contributed by atoms with Gasteiger partial charge in [-0.15, -0.1) is 0 Å². The summed E-state index contributed by atoms with van der Waals surface area (Å²) in [4.78, 5) is 33.5. The predicted molar refractivity (Wildman–Crippen MR) is 58.7 cm³/mol. The fraction of sp³-hybridized carbons (Fsp3) is 0.400. The number of aromatic nitrogens is 2. The molecule has 98 valence electrons. The van der Waals surface area contributed by atoms with Crippen molar-refractivity contribution in [3.8, 4) is 0 Å². The van der Waals surface area contributed by atoms with Crippen molar-refractivity contribution in [3.63, 3.8) is 0 Å². The maximum Gasteiger partial charge on any atom is 0.326 e. The summed E-state index contributed by atoms with van der Waals surface area (Å²) in [5.74, 6) is -2.63. The first kappa shape index (κ1) is 13.7. The van der Waals surface area contributed by atoms with Crippen molar-refractivity contribution >= 4 is 17.8 Å². The molecule has 0 aliphatic rings. The van der Waals surface area contributed by atoms with Crippen LogP contribution >= 0.6 is 0 Å². The number of aryl methyl sites for hydroxylation is 1. The third-order valence-electron chi connectivity index (χ3n) is 2.17. The van der Waals surface area contributed by atoms with Gasteiger partial charge < -0.3 is 15.2 Å². The molecule has 0 fully saturated rings. The molecule has 1 amide bonds. The molecule has 8 heteroatoms. The molecule has 1 rings (SSSR count). The number of aliphatic carboxylic acids is 1. The minimum absolute atomic E-state index is 0.216. The van der Waals surface area contributed by atoms with Crippen LogP contribution in [-0.4, -0.2) is 45.9 Å². The Balaban J connectivity index is 2.69. The smallest absolute Gasteiger partial charge is 0.326 e. The van der Waals surface area contributed by atoms with E-state index in [2.05, 4.69) is 15.2 Å². The zero-order chi connectivity index (χ0) is 13.7. The third-order valence-corrected chi connectivity index (χ3v) is 2.17. The van der Waals surface area contributed by atoms with E-state index in [9.17, 15) is 14.4 Å². The fourth-order valence-electron chi connectivity index (χ4n) is 1.23. The summed E-state index contributed by atoms with van der Waals surface area (Å²) < 4.78 is 5.76. The Bertz CT molecular complexity index is 468. The molecule has 1 heterocycles. The Kier molecular flexibility index (Phi) is 4.41. The minimum Gasteiger partial charge on any atom is -0.480 e. The van der Waals surface area contributed by atoms with Crippen molar-refractivity contribution in [2.75, 3.05) is 7.11 Å². The van der Waals surface area contributed by atoms with Gasteiger partial charge >= 0.3 is 11.9 Å². The molecule has 0 unspecified atom stereocenters. The van der Waals surface area contributed by atoms with Crippen LogP contribution in [0.25, 0.3) is 0 Å². The van der Waals surface area contributed by atoms with Crippen molar-refractivity contribution in [2.24, 2.45) is 7.05 Å². The molecule has 0 aliphatic carbocycles. The summed E-state index contributed by atoms with van der Waals surface area (Å²) in [6.45, 7) is 0. The van der Waals surface area contributed by atoms with Crippen LogP contribution in [0.3, 0.4) is 0 Å². The van der Waals surface area contributed by atoms with E-state index in [4.69, 9.17) is 5.11 Å². The molecule has 0 spiro atoms. The molecule has 0 bridgehead atoms. The van der Waals surface area contributed by atoms with Crippen LogP contribution in [0.15, 0.2) is 12.4 Å². The number of carbonyl (C=O) groups excluding carboxylic acids is 2. The zero-order valence-electron chi connectivity index (χ0n) is 9.91. The van der Waals surface area contributed by atoms with E-state index < -0.39 is 30.3 Å². The molecule has 2 N–H and O–H groups in total. The van der Waals surface area contributed by atoms with Crippen LogP contribution in [0.5, 0.6) is 0 Å². The third kappa shape index (κ3) is 3.58. The predicted octanol–water partition coefficient (Wildman–Crippen LogP) is -0.834. The average molecular weight is 255 g/mol. The standard InChI is InChI=1S/C10H13N3O5/c1-13-5-6(4-11-13)9(15)12-7(10(16)17)3-8(14)18-2/h4-5,7H,3H2,1-2H3,(H,12,15)(H,16,17)/t7-/m0/s1. The highest BCUT2D eigenvalue weighted by Gasteiger charge is 2.24. The number of rotatable bonds is 5. The molecule has 1 atom stereocenters. The zero-order valence-corrected chi connectivity index (χ0v) is 9.91. The second kappa shape index (κ2) is 5.80. The van der Waals surface area contributed by atoms with Gasteiger partial charge in [-0.25, -0.2) is 4.79 Å². The van der Waals surface area contributed by atoms with Crippen molar-refractivity contribution in [3.05, 3.63) is 18.0 Å². The largest absolute Gasteiger partial charge is 0.480 e. The van der Waals surface area contributed by atoms with E-state index in [1.807, 2.05) is 0 Å². The second-order valence-electron chi connectivity index (χ2n) is 3.55. The number of ether oxygens (including phenoxy) is 1. The van der Waals surface area contributed by atoms with Gasteiger partial charge in [-0.2, -0.15) is 5.10 Å². The lowest BCUT2D eigenvalue weighted by Crippen LogP contribution is -2.42. The lowest BCUT2D eigenvalue weighted by molar-refractivity contribution is -0.147. The number of hydrogen-bond acceptors (Lipinski definition) is 5. The average Bonchev–Trinajstić information content (AvgIpc) is 2.74. The van der Waals surface area contributed by atoms with E-state index in [0.29, 0.717) is 0 Å². The summed E-state index contributed by atoms with van der Waals surface area (Å²) >= 11 is 0. The van der Waals surface area contributed by atoms with Crippen molar-refractivity contribution in [1.82, 2.24) is 15.1 Å². The summed E-state index contributed by atoms with van der Waals surface area (Å²) in [7, 11) is 2.77. The normalized spacial score (nSPS) is 11.7. The highest BCUT2D eigenvalue weighted by molar-refractivity contribution is 5.97. The summed E-state index contributed by atoms with van der Waals surface area (Å²) in [6.07, 6.45) is 2.30. The van der Waals surface area contributed by atoms with Gasteiger partial charge in [-0.1, -0.05) is 0 Å². The number of nitrogens with zero attached hydrogens (tertiary/aromatic N) is 2. The number of methoxy groups -OCH3 is 1. The van der Waals surface area contributed by atoms with Gasteiger partial charge in [-0.05, 0) is 0 Å². The monoisotopic (exact) mass is 255 g/mol. The Labute approximate surface area is 103 Å². The van der Waals surface area contributed by atoms with E-state index in [1.165, 1.54) is 17.1 Å². The molecule has 0 aliphatic heterocycles. The first-order valence-corrected chi connectivity index (χ1v) is 5.03. The molecule has 1 aromatic rings. The Hall–Kier alpha value is -2.38. The van der Waals surface area contributed by atoms with Gasteiger partial charge in [0.25, 0.3) is 5.91 Å². The van der Waals surface area contributed by atoms with Crippen LogP contribution in [0.1, 0.15) is 16.8 Å². The Morgan fingerprint density at radius 3 is 2.67 bits per heavy atom. The highest BCUT2D eigenvalue weighted by Crippen LogP contribution is 2.00. The van der Waals surface area contributed by atoms with E-state index in [0.717, 1.165) is 7.11 Å².